The second-order valence-electron chi connectivity index (χ2n) is 6.13. The number of nitrogens with zero attached hydrogens (tertiary/aromatic N) is 1. The van der Waals surface area contributed by atoms with E-state index in [2.05, 4.69) is 12.2 Å². The molecule has 0 spiro atoms. The quantitative estimate of drug-likeness (QED) is 0.627. The van der Waals surface area contributed by atoms with E-state index in [1.807, 2.05) is 6.92 Å². The van der Waals surface area contributed by atoms with E-state index in [4.69, 9.17) is 4.74 Å². The van der Waals surface area contributed by atoms with E-state index >= 15 is 0 Å². The SMILES string of the molecule is CCCCOC(=O)C1CC2CCCCC2N1C(=O)NCC. The summed E-state index contributed by atoms with van der Waals surface area (Å²) in [6.45, 7) is 5.02. The molecule has 5 nitrogen and oxygen atoms in total. The second-order valence-corrected chi connectivity index (χ2v) is 6.13. The lowest BCUT2D eigenvalue weighted by molar-refractivity contribution is -0.148. The maximum Gasteiger partial charge on any atom is 0.328 e. The number of hydrogen-bond acceptors (Lipinski definition) is 3. The largest absolute Gasteiger partial charge is 0.464 e. The first-order valence-electron chi connectivity index (χ1n) is 8.41. The van der Waals surface area contributed by atoms with Gasteiger partial charge in [-0.25, -0.2) is 9.59 Å². The minimum absolute atomic E-state index is 0.107. The summed E-state index contributed by atoms with van der Waals surface area (Å²) in [4.78, 5) is 26.5. The molecule has 21 heavy (non-hydrogen) atoms. The van der Waals surface area contributed by atoms with Crippen molar-refractivity contribution >= 4 is 12.0 Å². The van der Waals surface area contributed by atoms with Crippen LogP contribution in [0.25, 0.3) is 0 Å². The fraction of sp³-hybridized carbons (Fsp3) is 0.875. The van der Waals surface area contributed by atoms with Gasteiger partial charge in [0.2, 0.25) is 0 Å². The molecule has 2 fully saturated rings. The minimum Gasteiger partial charge on any atom is -0.464 e. The molecular formula is C16H28N2O3. The van der Waals surface area contributed by atoms with Gasteiger partial charge in [-0.3, -0.25) is 0 Å². The third kappa shape index (κ3) is 3.69. The van der Waals surface area contributed by atoms with Gasteiger partial charge in [-0.2, -0.15) is 0 Å². The van der Waals surface area contributed by atoms with Crippen molar-refractivity contribution in [3.63, 3.8) is 0 Å². The molecule has 0 aromatic rings. The summed E-state index contributed by atoms with van der Waals surface area (Å²) >= 11 is 0. The van der Waals surface area contributed by atoms with Crippen LogP contribution in [0.4, 0.5) is 4.79 Å². The molecule has 1 aliphatic carbocycles. The monoisotopic (exact) mass is 296 g/mol. The molecule has 0 bridgehead atoms. The van der Waals surface area contributed by atoms with Crippen LogP contribution < -0.4 is 5.32 Å². The number of carbonyl (C=O) groups is 2. The number of hydrogen-bond donors (Lipinski definition) is 1. The number of unbranched alkanes of at least 4 members (excludes halogenated alkanes) is 1. The van der Waals surface area contributed by atoms with Crippen LogP contribution in [0.3, 0.4) is 0 Å². The van der Waals surface area contributed by atoms with Crippen LogP contribution in [-0.4, -0.2) is 42.1 Å². The van der Waals surface area contributed by atoms with Crippen molar-refractivity contribution in [2.75, 3.05) is 13.2 Å². The molecule has 3 unspecified atom stereocenters. The molecule has 1 aliphatic heterocycles. The number of amides is 2. The minimum atomic E-state index is -0.387. The van der Waals surface area contributed by atoms with E-state index in [-0.39, 0.29) is 24.1 Å². The number of rotatable bonds is 5. The van der Waals surface area contributed by atoms with Crippen LogP contribution in [0.5, 0.6) is 0 Å². The first-order valence-corrected chi connectivity index (χ1v) is 8.41. The number of urea groups is 1. The maximum absolute atomic E-state index is 12.4. The molecule has 3 atom stereocenters. The van der Waals surface area contributed by atoms with Crippen molar-refractivity contribution in [1.82, 2.24) is 10.2 Å². The first-order chi connectivity index (χ1) is 10.2. The highest BCUT2D eigenvalue weighted by Crippen LogP contribution is 2.40. The Hall–Kier alpha value is -1.26. The summed E-state index contributed by atoms with van der Waals surface area (Å²) in [6, 6.07) is -0.278. The number of fused-ring (bicyclic) bond motifs is 1. The molecule has 1 saturated carbocycles. The molecular weight excluding hydrogens is 268 g/mol. The molecule has 1 saturated heterocycles. The van der Waals surface area contributed by atoms with Crippen LogP contribution >= 0.6 is 0 Å². The summed E-state index contributed by atoms with van der Waals surface area (Å²) in [7, 11) is 0. The van der Waals surface area contributed by atoms with Crippen LogP contribution in [0, 0.1) is 5.92 Å². The zero-order valence-electron chi connectivity index (χ0n) is 13.3. The number of carbonyl (C=O) groups excluding carboxylic acids is 2. The van der Waals surface area contributed by atoms with Crippen molar-refractivity contribution in [3.05, 3.63) is 0 Å². The lowest BCUT2D eigenvalue weighted by atomic mass is 9.85. The standard InChI is InChI=1S/C16H28N2O3/c1-3-5-10-21-15(19)14-11-12-8-6-7-9-13(12)18(14)16(20)17-4-2/h12-14H,3-11H2,1-2H3,(H,17,20). The predicted molar refractivity (Wildman–Crippen MR) is 80.9 cm³/mol. The van der Waals surface area contributed by atoms with Gasteiger partial charge in [0.05, 0.1) is 6.61 Å². The second kappa shape index (κ2) is 7.66. The fourth-order valence-electron chi connectivity index (χ4n) is 3.62. The summed E-state index contributed by atoms with van der Waals surface area (Å²) in [5.41, 5.74) is 0. The van der Waals surface area contributed by atoms with Gasteiger partial charge in [0.1, 0.15) is 6.04 Å². The summed E-state index contributed by atoms with van der Waals surface area (Å²) in [5, 5.41) is 2.85. The van der Waals surface area contributed by atoms with E-state index in [0.717, 1.165) is 38.5 Å². The Morgan fingerprint density at radius 3 is 2.71 bits per heavy atom. The van der Waals surface area contributed by atoms with Crippen LogP contribution in [0.15, 0.2) is 0 Å². The summed E-state index contributed by atoms with van der Waals surface area (Å²) < 4.78 is 5.37. The third-order valence-electron chi connectivity index (χ3n) is 4.66. The molecule has 120 valence electrons. The van der Waals surface area contributed by atoms with Crippen molar-refractivity contribution < 1.29 is 14.3 Å². The number of ether oxygens (including phenoxy) is 1. The fourth-order valence-corrected chi connectivity index (χ4v) is 3.62. The molecule has 0 aromatic heterocycles. The third-order valence-corrected chi connectivity index (χ3v) is 4.66. The molecule has 2 aliphatic rings. The average Bonchev–Trinajstić information content (AvgIpc) is 2.87. The van der Waals surface area contributed by atoms with E-state index in [0.29, 0.717) is 19.1 Å². The molecule has 2 amide bonds. The number of likely N-dealkylation sites (tertiary alicyclic amines) is 1. The first kappa shape index (κ1) is 16.1. The molecule has 0 radical (unpaired) electrons. The van der Waals surface area contributed by atoms with E-state index in [1.165, 1.54) is 6.42 Å². The van der Waals surface area contributed by atoms with E-state index in [9.17, 15) is 9.59 Å². The Morgan fingerprint density at radius 2 is 2.00 bits per heavy atom. The summed E-state index contributed by atoms with van der Waals surface area (Å²) in [5.74, 6) is 0.245. The Labute approximate surface area is 127 Å². The van der Waals surface area contributed by atoms with Gasteiger partial charge in [-0.05, 0) is 38.5 Å². The number of nitrogens with one attached hydrogen (secondary N) is 1. The van der Waals surface area contributed by atoms with Gasteiger partial charge >= 0.3 is 12.0 Å². The Kier molecular flexibility index (Phi) is 5.88. The van der Waals surface area contributed by atoms with Crippen molar-refractivity contribution in [2.24, 2.45) is 5.92 Å². The molecule has 5 heteroatoms. The van der Waals surface area contributed by atoms with Crippen LogP contribution in [0.1, 0.15) is 58.8 Å². The zero-order chi connectivity index (χ0) is 15.2. The van der Waals surface area contributed by atoms with E-state index in [1.54, 1.807) is 4.90 Å². The van der Waals surface area contributed by atoms with Gasteiger partial charge in [0.25, 0.3) is 0 Å². The molecule has 1 heterocycles. The van der Waals surface area contributed by atoms with Crippen molar-refractivity contribution in [2.45, 2.75) is 70.9 Å². The topological polar surface area (TPSA) is 58.6 Å². The van der Waals surface area contributed by atoms with Crippen LogP contribution in [0.2, 0.25) is 0 Å². The molecule has 0 aromatic carbocycles. The zero-order valence-corrected chi connectivity index (χ0v) is 13.3. The Morgan fingerprint density at radius 1 is 1.24 bits per heavy atom. The normalized spacial score (nSPS) is 28.1. The Balaban J connectivity index is 2.05. The van der Waals surface area contributed by atoms with Crippen molar-refractivity contribution in [1.29, 1.82) is 0 Å². The average molecular weight is 296 g/mol. The molecule has 1 N–H and O–H groups in total. The van der Waals surface area contributed by atoms with Gasteiger partial charge in [-0.15, -0.1) is 0 Å². The van der Waals surface area contributed by atoms with Gasteiger partial charge in [-0.1, -0.05) is 26.2 Å². The Bertz CT molecular complexity index is 373. The predicted octanol–water partition coefficient (Wildman–Crippen LogP) is 2.69. The van der Waals surface area contributed by atoms with Crippen LogP contribution in [-0.2, 0) is 9.53 Å². The summed E-state index contributed by atoms with van der Waals surface area (Å²) in [6.07, 6.45) is 7.15. The van der Waals surface area contributed by atoms with Gasteiger partial charge in [0, 0.05) is 12.6 Å². The molecule has 2 rings (SSSR count). The van der Waals surface area contributed by atoms with E-state index < -0.39 is 0 Å². The van der Waals surface area contributed by atoms with Gasteiger partial charge in [0.15, 0.2) is 0 Å². The highest BCUT2D eigenvalue weighted by Gasteiger charge is 2.48. The smallest absolute Gasteiger partial charge is 0.328 e. The van der Waals surface area contributed by atoms with Gasteiger partial charge < -0.3 is 15.0 Å². The number of esters is 1. The lowest BCUT2D eigenvalue weighted by Gasteiger charge is -2.33. The maximum atomic E-state index is 12.4. The highest BCUT2D eigenvalue weighted by molar-refractivity contribution is 5.84. The highest BCUT2D eigenvalue weighted by atomic mass is 16.5. The lowest BCUT2D eigenvalue weighted by Crippen LogP contribution is -2.51. The van der Waals surface area contributed by atoms with Crippen molar-refractivity contribution in [3.8, 4) is 0 Å².